The maximum atomic E-state index is 13.2. The molecule has 8 N–H and O–H groups in total. The molecule has 1 saturated heterocycles. The largest absolute Gasteiger partial charge is 0.478 e. The Morgan fingerprint density at radius 2 is 2.07 bits per heavy atom. The van der Waals surface area contributed by atoms with E-state index in [4.69, 9.17) is 16.3 Å². The van der Waals surface area contributed by atoms with E-state index in [2.05, 4.69) is 31.0 Å². The van der Waals surface area contributed by atoms with Crippen molar-refractivity contribution in [1.29, 1.82) is 0 Å². The first-order chi connectivity index (χ1) is 19.1. The number of aromatic nitrogens is 4. The highest BCUT2D eigenvalue weighted by atomic mass is 32.2. The van der Waals surface area contributed by atoms with E-state index in [1.54, 1.807) is 0 Å². The third-order valence-electron chi connectivity index (χ3n) is 6.28. The summed E-state index contributed by atoms with van der Waals surface area (Å²) in [6.07, 6.45) is 2.49. The molecule has 2 aromatic rings. The normalized spacial score (nSPS) is 20.4. The van der Waals surface area contributed by atoms with Crippen LogP contribution in [-0.2, 0) is 42.6 Å². The maximum absolute atomic E-state index is 13.2. The minimum atomic E-state index is -4.99. The van der Waals surface area contributed by atoms with Gasteiger partial charge in [0.2, 0.25) is 5.60 Å². The molecule has 2 atom stereocenters. The number of nitrogens with zero attached hydrogens (tertiary/aromatic N) is 6. The molecule has 2 aliphatic rings. The van der Waals surface area contributed by atoms with Crippen molar-refractivity contribution in [2.24, 2.45) is 10.9 Å². The number of carboxylic acid groups (broad SMARTS) is 1. The summed E-state index contributed by atoms with van der Waals surface area (Å²) in [6, 6.07) is -2.75. The number of anilines is 1. The van der Waals surface area contributed by atoms with E-state index in [0.717, 1.165) is 16.1 Å². The summed E-state index contributed by atoms with van der Waals surface area (Å²) in [5.41, 5.74) is 9.67. The minimum Gasteiger partial charge on any atom is -0.478 e. The van der Waals surface area contributed by atoms with E-state index in [1.165, 1.54) is 11.6 Å². The number of hydrogen-bond donors (Lipinski definition) is 6. The highest BCUT2D eigenvalue weighted by molar-refractivity contribution is 7.84. The Kier molecular flexibility index (Phi) is 8.32. The number of rotatable bonds is 14. The van der Waals surface area contributed by atoms with E-state index >= 15 is 0 Å². The predicted octanol–water partition coefficient (Wildman–Crippen LogP) is -1.93. The second-order valence-corrected chi connectivity index (χ2v) is 12.5. The molecule has 1 aliphatic heterocycles. The molecule has 1 saturated carbocycles. The van der Waals surface area contributed by atoms with Crippen LogP contribution < -0.4 is 22.1 Å². The first-order valence-electron chi connectivity index (χ1n) is 12.3. The number of β-lactam (4-membered cyclic amide) rings is 1. The third-order valence-corrected chi connectivity index (χ3v) is 7.90. The summed E-state index contributed by atoms with van der Waals surface area (Å²) < 4.78 is 33.7. The average Bonchev–Trinajstić information content (AvgIpc) is 3.33. The van der Waals surface area contributed by atoms with Crippen molar-refractivity contribution < 1.29 is 37.3 Å². The Hall–Kier alpha value is -3.72. The second-order valence-electron chi connectivity index (χ2n) is 10.3. The molecule has 4 rings (SSSR count). The first-order valence-corrected chi connectivity index (χ1v) is 14.6. The molecular weight excluding hydrogens is 584 g/mol. The molecular formula is C21H30N10O8S2. The number of nitrogen functional groups attached to an aromatic ring is 1. The summed E-state index contributed by atoms with van der Waals surface area (Å²) in [7, 11) is -4.99. The molecule has 2 aromatic heterocycles. The van der Waals surface area contributed by atoms with Gasteiger partial charge in [-0.15, -0.1) is 11.3 Å². The fourth-order valence-corrected chi connectivity index (χ4v) is 5.26. The van der Waals surface area contributed by atoms with Gasteiger partial charge in [-0.1, -0.05) is 5.16 Å². The van der Waals surface area contributed by atoms with Gasteiger partial charge in [-0.3, -0.25) is 14.1 Å². The molecule has 18 nitrogen and oxygen atoms in total. The van der Waals surface area contributed by atoms with Crippen LogP contribution in [0.1, 0.15) is 44.5 Å². The summed E-state index contributed by atoms with van der Waals surface area (Å²) in [5.74, 6) is -3.40. The van der Waals surface area contributed by atoms with Crippen LogP contribution in [0.5, 0.6) is 0 Å². The zero-order valence-corrected chi connectivity index (χ0v) is 23.7. The molecule has 2 amide bonds. The van der Waals surface area contributed by atoms with Gasteiger partial charge in [0, 0.05) is 30.3 Å². The topological polar surface area (TPSA) is 270 Å². The van der Waals surface area contributed by atoms with Crippen LogP contribution in [0.2, 0.25) is 0 Å². The number of thiazole rings is 1. The van der Waals surface area contributed by atoms with Crippen LogP contribution in [0.25, 0.3) is 0 Å². The molecule has 20 heteroatoms. The van der Waals surface area contributed by atoms with Crippen molar-refractivity contribution >= 4 is 50.3 Å². The lowest BCUT2D eigenvalue weighted by molar-refractivity contribution is -0.153. The van der Waals surface area contributed by atoms with Gasteiger partial charge in [0.1, 0.15) is 17.8 Å². The van der Waals surface area contributed by atoms with Crippen molar-refractivity contribution in [3.63, 3.8) is 0 Å². The number of aliphatic carboxylic acids is 1. The number of nitrogens with one attached hydrogen (secondary N) is 2. The molecule has 0 radical (unpaired) electrons. The molecule has 2 unspecified atom stereocenters. The van der Waals surface area contributed by atoms with Crippen molar-refractivity contribution in [2.75, 3.05) is 12.3 Å². The molecule has 2 fully saturated rings. The van der Waals surface area contributed by atoms with E-state index < -0.39 is 51.5 Å². The lowest BCUT2D eigenvalue weighted by atomic mass is 9.98. The molecule has 224 valence electrons. The van der Waals surface area contributed by atoms with Gasteiger partial charge in [-0.25, -0.2) is 14.1 Å². The average molecular weight is 615 g/mol. The Balaban J connectivity index is 1.49. The Morgan fingerprint density at radius 1 is 1.37 bits per heavy atom. The van der Waals surface area contributed by atoms with Gasteiger partial charge in [0.15, 0.2) is 10.8 Å². The number of hydrogen-bond acceptors (Lipinski definition) is 14. The zero-order valence-electron chi connectivity index (χ0n) is 22.1. The van der Waals surface area contributed by atoms with Crippen LogP contribution in [0, 0.1) is 0 Å². The summed E-state index contributed by atoms with van der Waals surface area (Å²) >= 11 is 0.976. The molecule has 0 aromatic carbocycles. The second kappa shape index (κ2) is 11.3. The van der Waals surface area contributed by atoms with Crippen molar-refractivity contribution in [1.82, 2.24) is 34.9 Å². The number of nitrogens with two attached hydrogens (primary N) is 2. The van der Waals surface area contributed by atoms with Gasteiger partial charge in [-0.2, -0.15) is 23.4 Å². The lowest BCUT2D eigenvalue weighted by Gasteiger charge is -2.43. The Labute approximate surface area is 238 Å². The highest BCUT2D eigenvalue weighted by Crippen LogP contribution is 2.40. The van der Waals surface area contributed by atoms with E-state index in [9.17, 15) is 32.5 Å². The standard InChI is InChI=1S/C21H30N10O8S2/c1-20(2,23)5-6-24-7-11-8-25-30(28-11)9-13-15(17(33)31(13)41(36,37)38)27-16(32)14(12-10-40-19(22)26-12)29-39-21(3-4-21)18(34)35/h8,10,13,15,24H,3-7,9,23H2,1-2H3,(H2,22,26)(H,27,32)(H,34,35)(H,36,37,38)/b29-14-. The summed E-state index contributed by atoms with van der Waals surface area (Å²) in [6.45, 7) is 4.45. The minimum absolute atomic E-state index is 0.0509. The smallest absolute Gasteiger partial charge is 0.362 e. The molecule has 1 aliphatic carbocycles. The fraction of sp³-hybridized carbons (Fsp3) is 0.571. The van der Waals surface area contributed by atoms with Crippen LogP contribution in [0.15, 0.2) is 16.7 Å². The fourth-order valence-electron chi connectivity index (χ4n) is 3.84. The molecule has 41 heavy (non-hydrogen) atoms. The van der Waals surface area contributed by atoms with E-state index in [1.807, 2.05) is 13.8 Å². The molecule has 3 heterocycles. The van der Waals surface area contributed by atoms with Crippen molar-refractivity contribution in [2.45, 2.75) is 69.4 Å². The number of carbonyl (C=O) groups excluding carboxylic acids is 2. The van der Waals surface area contributed by atoms with Crippen LogP contribution >= 0.6 is 11.3 Å². The lowest BCUT2D eigenvalue weighted by Crippen LogP contribution is -2.73. The first kappa shape index (κ1) is 30.2. The number of carbonyl (C=O) groups is 3. The molecule has 0 spiro atoms. The Morgan fingerprint density at radius 3 is 2.63 bits per heavy atom. The Bertz CT molecular complexity index is 1460. The van der Waals surface area contributed by atoms with Crippen LogP contribution in [0.4, 0.5) is 5.13 Å². The van der Waals surface area contributed by atoms with Gasteiger partial charge < -0.3 is 32.0 Å². The summed E-state index contributed by atoms with van der Waals surface area (Å²) in [5, 5.41) is 28.4. The van der Waals surface area contributed by atoms with Gasteiger partial charge in [0.05, 0.1) is 18.4 Å². The monoisotopic (exact) mass is 614 g/mol. The van der Waals surface area contributed by atoms with Crippen LogP contribution in [-0.4, -0.2) is 95.6 Å². The summed E-state index contributed by atoms with van der Waals surface area (Å²) in [4.78, 5) is 47.6. The number of amides is 2. The zero-order chi connectivity index (χ0) is 30.2. The van der Waals surface area contributed by atoms with Gasteiger partial charge in [-0.05, 0) is 26.8 Å². The van der Waals surface area contributed by atoms with Gasteiger partial charge >= 0.3 is 16.3 Å². The van der Waals surface area contributed by atoms with E-state index in [0.29, 0.717) is 25.2 Å². The molecule has 0 bridgehead atoms. The van der Waals surface area contributed by atoms with Gasteiger partial charge in [0.25, 0.3) is 11.8 Å². The number of oxime groups is 1. The predicted molar refractivity (Wildman–Crippen MR) is 142 cm³/mol. The van der Waals surface area contributed by atoms with Crippen molar-refractivity contribution in [3.8, 4) is 0 Å². The van der Waals surface area contributed by atoms with Crippen molar-refractivity contribution in [3.05, 3.63) is 23.0 Å². The number of carboxylic acids is 1. The van der Waals surface area contributed by atoms with Crippen LogP contribution in [0.3, 0.4) is 0 Å². The third kappa shape index (κ3) is 7.14. The quantitative estimate of drug-likeness (QED) is 0.0445. The highest BCUT2D eigenvalue weighted by Gasteiger charge is 2.56. The van der Waals surface area contributed by atoms with E-state index in [-0.39, 0.29) is 40.1 Å². The maximum Gasteiger partial charge on any atom is 0.362 e. The SMILES string of the molecule is CC(C)(N)CCNCc1cnn(CC2C(NC(=O)/C(=N\OC3(C(=O)O)CC3)c3csc(N)n3)C(=O)N2S(=O)(=O)O)n1.